The monoisotopic (exact) mass is 446 g/mol. The zero-order valence-electron chi connectivity index (χ0n) is 18.0. The molecule has 4 heterocycles. The Bertz CT molecular complexity index is 945. The van der Waals surface area contributed by atoms with Crippen LogP contribution in [0, 0.1) is 0 Å². The van der Waals surface area contributed by atoms with Crippen molar-refractivity contribution in [2.45, 2.75) is 63.1 Å². The number of benzene rings is 1. The summed E-state index contributed by atoms with van der Waals surface area (Å²) in [6.45, 7) is 2.49. The number of rotatable bonds is 3. The van der Waals surface area contributed by atoms with Gasteiger partial charge in [-0.25, -0.2) is 8.78 Å². The maximum absolute atomic E-state index is 13.8. The lowest BCUT2D eigenvalue weighted by Gasteiger charge is -2.42. The van der Waals surface area contributed by atoms with Crippen molar-refractivity contribution in [2.75, 3.05) is 31.1 Å². The number of anilines is 1. The molecule has 5 rings (SSSR count). The average Bonchev–Trinajstić information content (AvgIpc) is 3.09. The Morgan fingerprint density at radius 3 is 2.53 bits per heavy atom. The number of carbonyl (C=O) groups excluding carboxylic acids is 3. The van der Waals surface area contributed by atoms with E-state index in [0.717, 1.165) is 43.7 Å². The molecule has 4 aliphatic heterocycles. The highest BCUT2D eigenvalue weighted by molar-refractivity contribution is 6.05. The molecular weight excluding hydrogens is 418 g/mol. The number of carbonyl (C=O) groups is 3. The maximum Gasteiger partial charge on any atom is 0.260 e. The molecule has 1 aromatic rings. The van der Waals surface area contributed by atoms with Crippen molar-refractivity contribution in [3.8, 4) is 0 Å². The van der Waals surface area contributed by atoms with Crippen LogP contribution in [0.3, 0.4) is 0 Å². The largest absolute Gasteiger partial charge is 0.371 e. The summed E-state index contributed by atoms with van der Waals surface area (Å²) in [5.41, 5.74) is 2.43. The van der Waals surface area contributed by atoms with Gasteiger partial charge < -0.3 is 9.80 Å². The first-order valence-corrected chi connectivity index (χ1v) is 11.5. The van der Waals surface area contributed by atoms with Gasteiger partial charge in [0.25, 0.3) is 11.8 Å². The van der Waals surface area contributed by atoms with E-state index in [4.69, 9.17) is 0 Å². The molecule has 0 aromatic heterocycles. The molecule has 1 unspecified atom stereocenters. The fraction of sp³-hybridized carbons (Fsp3) is 0.609. The smallest absolute Gasteiger partial charge is 0.260 e. The van der Waals surface area contributed by atoms with E-state index in [0.29, 0.717) is 24.9 Å². The highest BCUT2D eigenvalue weighted by atomic mass is 19.3. The van der Waals surface area contributed by atoms with Crippen molar-refractivity contribution >= 4 is 23.4 Å². The third-order valence-electron chi connectivity index (χ3n) is 7.28. The summed E-state index contributed by atoms with van der Waals surface area (Å²) in [5.74, 6) is -3.46. The van der Waals surface area contributed by atoms with Crippen molar-refractivity contribution in [3.63, 3.8) is 0 Å². The quantitative estimate of drug-likeness (QED) is 0.721. The van der Waals surface area contributed by atoms with Crippen LogP contribution in [0.5, 0.6) is 0 Å². The Balaban J connectivity index is 1.24. The molecule has 0 bridgehead atoms. The molecule has 32 heavy (non-hydrogen) atoms. The predicted octanol–water partition coefficient (Wildman–Crippen LogP) is 2.15. The van der Waals surface area contributed by atoms with Gasteiger partial charge in [0, 0.05) is 49.8 Å². The molecule has 0 radical (unpaired) electrons. The van der Waals surface area contributed by atoms with Crippen molar-refractivity contribution in [1.82, 2.24) is 15.1 Å². The molecular formula is C23H28F2N4O3. The van der Waals surface area contributed by atoms with Gasteiger partial charge in [-0.05, 0) is 49.9 Å². The van der Waals surface area contributed by atoms with Gasteiger partial charge in [-0.3, -0.25) is 24.6 Å². The van der Waals surface area contributed by atoms with Gasteiger partial charge >= 0.3 is 0 Å². The van der Waals surface area contributed by atoms with E-state index in [-0.39, 0.29) is 37.2 Å². The fourth-order valence-electron chi connectivity index (χ4n) is 5.54. The van der Waals surface area contributed by atoms with Crippen LogP contribution in [0.2, 0.25) is 0 Å². The van der Waals surface area contributed by atoms with Crippen LogP contribution < -0.4 is 10.2 Å². The van der Waals surface area contributed by atoms with Crippen LogP contribution in [0.25, 0.3) is 0 Å². The lowest BCUT2D eigenvalue weighted by atomic mass is 9.98. The minimum absolute atomic E-state index is 0.0126. The first-order chi connectivity index (χ1) is 15.3. The summed E-state index contributed by atoms with van der Waals surface area (Å²) in [4.78, 5) is 42.4. The summed E-state index contributed by atoms with van der Waals surface area (Å²) >= 11 is 0. The molecule has 1 N–H and O–H groups in total. The normalized spacial score (nSPS) is 26.9. The molecule has 9 heteroatoms. The lowest BCUT2D eigenvalue weighted by Crippen LogP contribution is -2.52. The molecule has 3 fully saturated rings. The number of piperidine rings is 3. The number of alkyl halides is 2. The van der Waals surface area contributed by atoms with E-state index < -0.39 is 17.9 Å². The summed E-state index contributed by atoms with van der Waals surface area (Å²) < 4.78 is 27.6. The summed E-state index contributed by atoms with van der Waals surface area (Å²) in [6, 6.07) is 5.38. The molecule has 0 aliphatic carbocycles. The number of halogens is 2. The molecule has 0 saturated carbocycles. The van der Waals surface area contributed by atoms with Crippen molar-refractivity contribution < 1.29 is 23.2 Å². The topological polar surface area (TPSA) is 73.0 Å². The maximum atomic E-state index is 13.8. The highest BCUT2D eigenvalue weighted by Crippen LogP contribution is 2.33. The second-order valence-corrected chi connectivity index (χ2v) is 9.39. The Labute approximate surface area is 185 Å². The number of hydrogen-bond acceptors (Lipinski definition) is 5. The first kappa shape index (κ1) is 21.3. The molecule has 4 aliphatic rings. The number of hydrogen-bond donors (Lipinski definition) is 1. The fourth-order valence-corrected chi connectivity index (χ4v) is 5.54. The van der Waals surface area contributed by atoms with Crippen LogP contribution >= 0.6 is 0 Å². The molecule has 172 valence electrons. The van der Waals surface area contributed by atoms with Gasteiger partial charge in [0.05, 0.1) is 6.54 Å². The van der Waals surface area contributed by atoms with Gasteiger partial charge in [-0.2, -0.15) is 0 Å². The van der Waals surface area contributed by atoms with Crippen molar-refractivity contribution in [2.24, 2.45) is 0 Å². The summed E-state index contributed by atoms with van der Waals surface area (Å²) in [6.07, 6.45) is 2.76. The molecule has 3 amide bonds. The van der Waals surface area contributed by atoms with Gasteiger partial charge in [0.1, 0.15) is 6.04 Å². The van der Waals surface area contributed by atoms with Crippen molar-refractivity contribution in [3.05, 3.63) is 29.3 Å². The van der Waals surface area contributed by atoms with Gasteiger partial charge in [-0.1, -0.05) is 6.07 Å². The van der Waals surface area contributed by atoms with Crippen molar-refractivity contribution in [1.29, 1.82) is 0 Å². The Kier molecular flexibility index (Phi) is 5.39. The van der Waals surface area contributed by atoms with E-state index >= 15 is 0 Å². The number of nitrogens with one attached hydrogen (secondary N) is 1. The van der Waals surface area contributed by atoms with E-state index in [2.05, 4.69) is 10.2 Å². The minimum atomic E-state index is -2.58. The molecule has 1 aromatic carbocycles. The van der Waals surface area contributed by atoms with Crippen LogP contribution in [-0.4, -0.2) is 71.7 Å². The predicted molar refractivity (Wildman–Crippen MR) is 113 cm³/mol. The molecule has 1 atom stereocenters. The van der Waals surface area contributed by atoms with E-state index in [1.807, 2.05) is 23.1 Å². The molecule has 0 spiro atoms. The zero-order chi connectivity index (χ0) is 22.5. The third kappa shape index (κ3) is 3.98. The lowest BCUT2D eigenvalue weighted by molar-refractivity contribution is -0.136. The second kappa shape index (κ2) is 8.10. The van der Waals surface area contributed by atoms with Gasteiger partial charge in [0.2, 0.25) is 11.8 Å². The van der Waals surface area contributed by atoms with Crippen LogP contribution in [0.15, 0.2) is 18.2 Å². The van der Waals surface area contributed by atoms with Crippen LogP contribution in [0.4, 0.5) is 14.5 Å². The summed E-state index contributed by atoms with van der Waals surface area (Å²) in [5, 5.41) is 2.32. The van der Waals surface area contributed by atoms with E-state index in [1.54, 1.807) is 4.90 Å². The van der Waals surface area contributed by atoms with Gasteiger partial charge in [-0.15, -0.1) is 0 Å². The Morgan fingerprint density at radius 2 is 1.81 bits per heavy atom. The number of amides is 3. The minimum Gasteiger partial charge on any atom is -0.371 e. The number of likely N-dealkylation sites (tertiary alicyclic amines) is 1. The Morgan fingerprint density at radius 1 is 1.03 bits per heavy atom. The second-order valence-electron chi connectivity index (χ2n) is 9.39. The number of fused-ring (bicyclic) bond motifs is 1. The highest BCUT2D eigenvalue weighted by Gasteiger charge is 2.40. The van der Waals surface area contributed by atoms with Crippen LogP contribution in [0.1, 0.15) is 54.4 Å². The number of imide groups is 1. The number of nitrogens with zero attached hydrogens (tertiary/aromatic N) is 3. The van der Waals surface area contributed by atoms with Gasteiger partial charge in [0.15, 0.2) is 0 Å². The molecule has 7 nitrogen and oxygen atoms in total. The average molecular weight is 446 g/mol. The summed E-state index contributed by atoms with van der Waals surface area (Å²) in [7, 11) is 0. The van der Waals surface area contributed by atoms with Crippen LogP contribution in [-0.2, 0) is 16.1 Å². The first-order valence-electron chi connectivity index (χ1n) is 11.5. The van der Waals surface area contributed by atoms with E-state index in [1.165, 1.54) is 0 Å². The standard InChI is InChI=1S/C23H28F2N4O3/c24-23(25)8-1-9-28(14-23)16-6-10-27(11-7-16)17-3-2-15-13-29(22(32)18(15)12-17)19-4-5-20(30)26-21(19)31/h2-3,12,16,19H,1,4-11,13-14H2,(H,26,30,31). The third-order valence-corrected chi connectivity index (χ3v) is 7.28. The Hall–Kier alpha value is -2.55. The van der Waals surface area contributed by atoms with E-state index in [9.17, 15) is 23.2 Å². The zero-order valence-corrected chi connectivity index (χ0v) is 18.0. The molecule has 3 saturated heterocycles. The SMILES string of the molecule is O=C1CCC(N2Cc3ccc(N4CCC(N5CCCC(F)(F)C5)CC4)cc3C2=O)C(=O)N1.